The fourth-order valence-corrected chi connectivity index (χ4v) is 2.53. The van der Waals surface area contributed by atoms with Crippen LogP contribution in [-0.2, 0) is 11.3 Å². The Labute approximate surface area is 108 Å². The lowest BCUT2D eigenvalue weighted by Gasteiger charge is -2.43. The van der Waals surface area contributed by atoms with Gasteiger partial charge < -0.3 is 9.73 Å². The van der Waals surface area contributed by atoms with Gasteiger partial charge in [0, 0.05) is 13.1 Å². The fourth-order valence-electron chi connectivity index (χ4n) is 2.53. The Morgan fingerprint density at radius 1 is 1.61 bits per heavy atom. The van der Waals surface area contributed by atoms with E-state index >= 15 is 0 Å². The summed E-state index contributed by atoms with van der Waals surface area (Å²) in [6, 6.07) is 0. The number of amides is 1. The Hall–Kier alpha value is -1.36. The van der Waals surface area contributed by atoms with Gasteiger partial charge in [0.15, 0.2) is 0 Å². The second-order valence-electron chi connectivity index (χ2n) is 5.07. The molecule has 0 aliphatic carbocycles. The molecule has 1 aliphatic rings. The molecular formula is C13H21N3O2. The zero-order chi connectivity index (χ0) is 13.2. The van der Waals surface area contributed by atoms with Gasteiger partial charge in [-0.05, 0) is 20.3 Å². The highest BCUT2D eigenvalue weighted by Gasteiger charge is 2.41. The minimum atomic E-state index is -0.449. The molecule has 1 amide bonds. The van der Waals surface area contributed by atoms with E-state index in [1.54, 1.807) is 6.20 Å². The number of piperazine rings is 1. The topological polar surface area (TPSA) is 58.4 Å². The fraction of sp³-hybridized carbons (Fsp3) is 0.692. The van der Waals surface area contributed by atoms with E-state index in [2.05, 4.69) is 22.1 Å². The summed E-state index contributed by atoms with van der Waals surface area (Å²) >= 11 is 0. The molecule has 2 heterocycles. The van der Waals surface area contributed by atoms with E-state index < -0.39 is 5.54 Å². The molecule has 1 N–H and O–H groups in total. The lowest BCUT2D eigenvalue weighted by molar-refractivity contribution is -0.137. The third kappa shape index (κ3) is 2.41. The number of carbonyl (C=O) groups excluding carboxylic acids is 1. The van der Waals surface area contributed by atoms with Crippen LogP contribution in [0.2, 0.25) is 0 Å². The van der Waals surface area contributed by atoms with E-state index in [1.807, 2.05) is 13.8 Å². The van der Waals surface area contributed by atoms with Crippen LogP contribution in [0.4, 0.5) is 0 Å². The molecule has 1 saturated heterocycles. The van der Waals surface area contributed by atoms with Crippen molar-refractivity contribution in [2.75, 3.05) is 13.1 Å². The molecule has 0 unspecified atom stereocenters. The summed E-state index contributed by atoms with van der Waals surface area (Å²) in [6.45, 7) is 8.10. The van der Waals surface area contributed by atoms with E-state index in [0.29, 0.717) is 19.0 Å². The molecule has 0 aromatic carbocycles. The lowest BCUT2D eigenvalue weighted by Crippen LogP contribution is -2.62. The molecule has 1 aromatic rings. The first-order valence-corrected chi connectivity index (χ1v) is 6.51. The highest BCUT2D eigenvalue weighted by atomic mass is 16.4. The van der Waals surface area contributed by atoms with Gasteiger partial charge in [-0.15, -0.1) is 0 Å². The van der Waals surface area contributed by atoms with Crippen molar-refractivity contribution in [2.24, 2.45) is 0 Å². The Balaban J connectivity index is 2.15. The monoisotopic (exact) mass is 251 g/mol. The Morgan fingerprint density at radius 3 is 3.00 bits per heavy atom. The summed E-state index contributed by atoms with van der Waals surface area (Å²) in [5.41, 5.74) is -0.449. The molecule has 5 heteroatoms. The molecule has 1 atom stereocenters. The number of carbonyl (C=O) groups is 1. The second-order valence-corrected chi connectivity index (χ2v) is 5.07. The zero-order valence-corrected chi connectivity index (χ0v) is 11.3. The maximum atomic E-state index is 12.1. The van der Waals surface area contributed by atoms with Crippen LogP contribution in [0.1, 0.15) is 38.3 Å². The molecule has 1 fully saturated rings. The summed E-state index contributed by atoms with van der Waals surface area (Å²) in [4.78, 5) is 18.5. The summed E-state index contributed by atoms with van der Waals surface area (Å²) < 4.78 is 5.51. The quantitative estimate of drug-likeness (QED) is 0.880. The molecule has 0 saturated carbocycles. The number of aryl methyl sites for hydroxylation is 1. The van der Waals surface area contributed by atoms with Crippen molar-refractivity contribution < 1.29 is 9.21 Å². The Kier molecular flexibility index (Phi) is 3.71. The van der Waals surface area contributed by atoms with Crippen LogP contribution in [0.25, 0.3) is 0 Å². The summed E-state index contributed by atoms with van der Waals surface area (Å²) in [5.74, 6) is 1.60. The second kappa shape index (κ2) is 5.10. The predicted molar refractivity (Wildman–Crippen MR) is 68.0 cm³/mol. The first kappa shape index (κ1) is 13.1. The lowest BCUT2D eigenvalue weighted by atomic mass is 9.90. The van der Waals surface area contributed by atoms with E-state index in [9.17, 15) is 4.79 Å². The molecule has 100 valence electrons. The molecule has 0 spiro atoms. The van der Waals surface area contributed by atoms with E-state index in [1.165, 1.54) is 0 Å². The number of oxazole rings is 1. The number of aromatic nitrogens is 1. The number of hydrogen-bond acceptors (Lipinski definition) is 4. The van der Waals surface area contributed by atoms with Gasteiger partial charge in [0.25, 0.3) is 0 Å². The van der Waals surface area contributed by atoms with Gasteiger partial charge in [0.1, 0.15) is 5.76 Å². The standard InChI is InChI=1S/C13H21N3O2/c1-4-5-13(3)12(17)14-6-7-16(13)9-11-15-8-10(2)18-11/h8H,4-7,9H2,1-3H3,(H,14,17)/t13-/m1/s1. The minimum absolute atomic E-state index is 0.110. The maximum absolute atomic E-state index is 12.1. The van der Waals surface area contributed by atoms with E-state index in [0.717, 1.165) is 25.1 Å². The average Bonchev–Trinajstić information content (AvgIpc) is 2.72. The molecule has 18 heavy (non-hydrogen) atoms. The highest BCUT2D eigenvalue weighted by Crippen LogP contribution is 2.25. The first-order valence-electron chi connectivity index (χ1n) is 6.51. The summed E-state index contributed by atoms with van der Waals surface area (Å²) in [5, 5.41) is 2.95. The van der Waals surface area contributed by atoms with Crippen LogP contribution in [-0.4, -0.2) is 34.4 Å². The minimum Gasteiger partial charge on any atom is -0.445 e. The molecule has 1 aliphatic heterocycles. The van der Waals surface area contributed by atoms with Gasteiger partial charge >= 0.3 is 0 Å². The van der Waals surface area contributed by atoms with Gasteiger partial charge in [-0.2, -0.15) is 0 Å². The number of hydrogen-bond donors (Lipinski definition) is 1. The first-order chi connectivity index (χ1) is 8.56. The molecule has 5 nitrogen and oxygen atoms in total. The van der Waals surface area contributed by atoms with Crippen LogP contribution < -0.4 is 5.32 Å². The van der Waals surface area contributed by atoms with Crippen LogP contribution in [0.3, 0.4) is 0 Å². The van der Waals surface area contributed by atoms with Gasteiger partial charge in [-0.25, -0.2) is 4.98 Å². The summed E-state index contributed by atoms with van der Waals surface area (Å²) in [7, 11) is 0. The third-order valence-corrected chi connectivity index (χ3v) is 3.59. The van der Waals surface area contributed by atoms with Gasteiger partial charge in [-0.3, -0.25) is 9.69 Å². The number of nitrogens with zero attached hydrogens (tertiary/aromatic N) is 2. The van der Waals surface area contributed by atoms with Crippen molar-refractivity contribution in [1.82, 2.24) is 15.2 Å². The average molecular weight is 251 g/mol. The summed E-state index contributed by atoms with van der Waals surface area (Å²) in [6.07, 6.45) is 3.54. The number of nitrogens with one attached hydrogen (secondary N) is 1. The van der Waals surface area contributed by atoms with Crippen molar-refractivity contribution in [2.45, 2.75) is 45.7 Å². The normalized spacial score (nSPS) is 25.2. The molecule has 1 aromatic heterocycles. The smallest absolute Gasteiger partial charge is 0.240 e. The molecular weight excluding hydrogens is 230 g/mol. The molecule has 0 radical (unpaired) electrons. The Bertz CT molecular complexity index is 430. The molecule has 0 bridgehead atoms. The zero-order valence-electron chi connectivity index (χ0n) is 11.3. The molecule has 2 rings (SSSR count). The Morgan fingerprint density at radius 2 is 2.39 bits per heavy atom. The number of rotatable bonds is 4. The van der Waals surface area contributed by atoms with Crippen LogP contribution >= 0.6 is 0 Å². The van der Waals surface area contributed by atoms with E-state index in [-0.39, 0.29) is 5.91 Å². The van der Waals surface area contributed by atoms with Crippen molar-refractivity contribution in [3.8, 4) is 0 Å². The van der Waals surface area contributed by atoms with Crippen molar-refractivity contribution in [3.63, 3.8) is 0 Å². The van der Waals surface area contributed by atoms with Gasteiger partial charge in [0.05, 0.1) is 18.3 Å². The van der Waals surface area contributed by atoms with Gasteiger partial charge in [0.2, 0.25) is 11.8 Å². The largest absolute Gasteiger partial charge is 0.445 e. The third-order valence-electron chi connectivity index (χ3n) is 3.59. The SMILES string of the molecule is CCC[C@]1(C)C(=O)NCCN1Cc1ncc(C)o1. The highest BCUT2D eigenvalue weighted by molar-refractivity contribution is 5.86. The van der Waals surface area contributed by atoms with Crippen molar-refractivity contribution >= 4 is 5.91 Å². The maximum Gasteiger partial charge on any atom is 0.240 e. The van der Waals surface area contributed by atoms with Crippen molar-refractivity contribution in [1.29, 1.82) is 0 Å². The van der Waals surface area contributed by atoms with Gasteiger partial charge in [-0.1, -0.05) is 13.3 Å². The van der Waals surface area contributed by atoms with Crippen LogP contribution in [0, 0.1) is 6.92 Å². The van der Waals surface area contributed by atoms with Crippen LogP contribution in [0.15, 0.2) is 10.6 Å². The van der Waals surface area contributed by atoms with Crippen molar-refractivity contribution in [3.05, 3.63) is 17.8 Å². The van der Waals surface area contributed by atoms with Crippen LogP contribution in [0.5, 0.6) is 0 Å². The van der Waals surface area contributed by atoms with E-state index in [4.69, 9.17) is 4.42 Å². The predicted octanol–water partition coefficient (Wildman–Crippen LogP) is 1.47.